The summed E-state index contributed by atoms with van der Waals surface area (Å²) in [6.45, 7) is 2.41. The Kier molecular flexibility index (Phi) is 8.14. The smallest absolute Gasteiger partial charge is 0.207 e. The van der Waals surface area contributed by atoms with E-state index in [2.05, 4.69) is 24.4 Å². The van der Waals surface area contributed by atoms with Gasteiger partial charge < -0.3 is 16.1 Å². The molecular weight excluding hydrogens is 216 g/mol. The zero-order chi connectivity index (χ0) is 13.1. The van der Waals surface area contributed by atoms with Crippen LogP contribution in [-0.2, 0) is 4.79 Å². The highest BCUT2D eigenvalue weighted by Crippen LogP contribution is 1.92. The molecule has 0 aromatic heterocycles. The van der Waals surface area contributed by atoms with E-state index in [9.17, 15) is 4.79 Å². The van der Waals surface area contributed by atoms with Crippen molar-refractivity contribution in [2.75, 3.05) is 13.6 Å². The molecule has 0 saturated heterocycles. The molecule has 0 saturated carbocycles. The second-order valence-electron chi connectivity index (χ2n) is 3.52. The van der Waals surface area contributed by atoms with Crippen LogP contribution in [0.25, 0.3) is 0 Å². The van der Waals surface area contributed by atoms with Crippen LogP contribution in [0.1, 0.15) is 5.56 Å². The number of rotatable bonds is 4. The van der Waals surface area contributed by atoms with Crippen LogP contribution in [0.4, 0.5) is 0 Å². The number of carbonyl (C=O) groups excluding carboxylic acids is 1. The summed E-state index contributed by atoms with van der Waals surface area (Å²) in [6, 6.07) is 10.3. The van der Waals surface area contributed by atoms with E-state index in [1.807, 2.05) is 18.2 Å². The van der Waals surface area contributed by atoms with Crippen molar-refractivity contribution in [3.63, 3.8) is 0 Å². The van der Waals surface area contributed by atoms with Crippen LogP contribution in [0.3, 0.4) is 0 Å². The van der Waals surface area contributed by atoms with E-state index in [4.69, 9.17) is 11.6 Å². The first-order chi connectivity index (χ1) is 8.06. The molecule has 17 heavy (non-hydrogen) atoms. The molecule has 1 aromatic carbocycles. The normalized spacial score (nSPS) is 9.94. The van der Waals surface area contributed by atoms with Crippen LogP contribution in [0.2, 0.25) is 0 Å². The summed E-state index contributed by atoms with van der Waals surface area (Å²) in [4.78, 5) is 9.76. The van der Waals surface area contributed by atoms with Gasteiger partial charge in [-0.1, -0.05) is 35.9 Å². The zero-order valence-electron chi connectivity index (χ0n) is 10.3. The molecule has 0 unspecified atom stereocenters. The van der Waals surface area contributed by atoms with Crippen molar-refractivity contribution in [3.05, 3.63) is 47.8 Å². The Morgan fingerprint density at radius 3 is 2.35 bits per heavy atom. The van der Waals surface area contributed by atoms with Crippen molar-refractivity contribution in [3.8, 4) is 0 Å². The Morgan fingerprint density at radius 2 is 2.00 bits per heavy atom. The predicted molar refractivity (Wildman–Crippen MR) is 69.5 cm³/mol. The van der Waals surface area contributed by atoms with E-state index in [1.54, 1.807) is 7.05 Å². The van der Waals surface area contributed by atoms with Crippen molar-refractivity contribution in [1.82, 2.24) is 10.3 Å². The third-order valence-electron chi connectivity index (χ3n) is 1.70. The van der Waals surface area contributed by atoms with Crippen molar-refractivity contribution in [1.29, 1.82) is 0 Å². The molecule has 1 rings (SSSR count). The number of nitrogens with two attached hydrogens (primary N) is 2. The van der Waals surface area contributed by atoms with Crippen LogP contribution >= 0.6 is 0 Å². The lowest BCUT2D eigenvalue weighted by Crippen LogP contribution is -2.25. The number of benzene rings is 1. The molecule has 5 N–H and O–H groups in total. The minimum Gasteiger partial charge on any atom is -0.399 e. The lowest BCUT2D eigenvalue weighted by atomic mass is 10.2. The third-order valence-corrected chi connectivity index (χ3v) is 1.70. The standard InChI is InChI=1S/C7H8.C5H12N4O/c1-7-5-3-2-4-6-7;1-9(7)3-5(6)2-8-4-10/h2-6H,1H3;3-4H,2,6-7H2,1H3,(H,8,10)/b;5-3-. The molecule has 0 bridgehead atoms. The van der Waals surface area contributed by atoms with Crippen molar-refractivity contribution >= 4 is 6.41 Å². The molecule has 0 fully saturated rings. The molecule has 0 spiro atoms. The quantitative estimate of drug-likeness (QED) is 0.400. The molecule has 5 heteroatoms. The van der Waals surface area contributed by atoms with Crippen LogP contribution in [0.15, 0.2) is 42.2 Å². The highest BCUT2D eigenvalue weighted by molar-refractivity contribution is 5.46. The van der Waals surface area contributed by atoms with Crippen molar-refractivity contribution in [2.45, 2.75) is 6.92 Å². The fourth-order valence-corrected chi connectivity index (χ4v) is 1.00. The number of nitrogens with one attached hydrogen (secondary N) is 1. The van der Waals surface area contributed by atoms with Gasteiger partial charge in [0.2, 0.25) is 6.41 Å². The fraction of sp³-hybridized carbons (Fsp3) is 0.250. The zero-order valence-corrected chi connectivity index (χ0v) is 10.3. The summed E-state index contributed by atoms with van der Waals surface area (Å²) < 4.78 is 0. The van der Waals surface area contributed by atoms with E-state index in [0.717, 1.165) is 0 Å². The third kappa shape index (κ3) is 10.3. The first-order valence-corrected chi connectivity index (χ1v) is 5.18. The molecule has 0 aliphatic rings. The van der Waals surface area contributed by atoms with Gasteiger partial charge in [0, 0.05) is 18.9 Å². The summed E-state index contributed by atoms with van der Waals surface area (Å²) in [7, 11) is 1.65. The van der Waals surface area contributed by atoms with E-state index in [1.165, 1.54) is 16.8 Å². The van der Waals surface area contributed by atoms with Gasteiger partial charge in [-0.25, -0.2) is 5.84 Å². The van der Waals surface area contributed by atoms with Crippen LogP contribution in [-0.4, -0.2) is 25.0 Å². The van der Waals surface area contributed by atoms with Crippen LogP contribution in [0.5, 0.6) is 0 Å². The summed E-state index contributed by atoms with van der Waals surface area (Å²) in [5.74, 6) is 5.23. The number of nitrogens with zero attached hydrogens (tertiary/aromatic N) is 1. The summed E-state index contributed by atoms with van der Waals surface area (Å²) in [5.41, 5.74) is 7.21. The highest BCUT2D eigenvalue weighted by Gasteiger charge is 1.87. The van der Waals surface area contributed by atoms with Gasteiger partial charge in [0.05, 0.1) is 6.54 Å². The van der Waals surface area contributed by atoms with Gasteiger partial charge >= 0.3 is 0 Å². The van der Waals surface area contributed by atoms with Gasteiger partial charge in [0.15, 0.2) is 0 Å². The minimum absolute atomic E-state index is 0.324. The monoisotopic (exact) mass is 236 g/mol. The van der Waals surface area contributed by atoms with Crippen molar-refractivity contribution in [2.24, 2.45) is 11.6 Å². The molecule has 0 aliphatic carbocycles. The Labute approximate surface area is 102 Å². The maximum absolute atomic E-state index is 9.76. The van der Waals surface area contributed by atoms with Crippen LogP contribution in [0, 0.1) is 6.92 Å². The van der Waals surface area contributed by atoms with E-state index >= 15 is 0 Å². The molecule has 0 aliphatic heterocycles. The fourth-order valence-electron chi connectivity index (χ4n) is 1.00. The molecule has 0 radical (unpaired) electrons. The second-order valence-corrected chi connectivity index (χ2v) is 3.52. The van der Waals surface area contributed by atoms with E-state index < -0.39 is 0 Å². The first kappa shape index (κ1) is 15.0. The average molecular weight is 236 g/mol. The van der Waals surface area contributed by atoms with Gasteiger partial charge in [-0.15, -0.1) is 0 Å². The number of amides is 1. The number of hydrazine groups is 1. The number of aryl methyl sites for hydroxylation is 1. The molecule has 5 nitrogen and oxygen atoms in total. The Balaban J connectivity index is 0.000000318. The van der Waals surface area contributed by atoms with Gasteiger partial charge in [-0.05, 0) is 6.92 Å². The summed E-state index contributed by atoms with van der Waals surface area (Å²) in [6.07, 6.45) is 2.10. The first-order valence-electron chi connectivity index (χ1n) is 5.18. The summed E-state index contributed by atoms with van der Waals surface area (Å²) in [5, 5.41) is 3.72. The Hall–Kier alpha value is -2.01. The number of hydrogen-bond donors (Lipinski definition) is 3. The van der Waals surface area contributed by atoms with E-state index in [0.29, 0.717) is 18.7 Å². The molecule has 0 heterocycles. The predicted octanol–water partition coefficient (Wildman–Crippen LogP) is 0.333. The number of hydrogen-bond acceptors (Lipinski definition) is 4. The average Bonchev–Trinajstić information content (AvgIpc) is 2.27. The van der Waals surface area contributed by atoms with Gasteiger partial charge in [-0.2, -0.15) is 0 Å². The summed E-state index contributed by atoms with van der Waals surface area (Å²) >= 11 is 0. The largest absolute Gasteiger partial charge is 0.399 e. The SMILES string of the molecule is CN(N)/C=C(\N)CNC=O.Cc1ccccc1. The van der Waals surface area contributed by atoms with Gasteiger partial charge in [0.1, 0.15) is 0 Å². The van der Waals surface area contributed by atoms with Gasteiger partial charge in [0.25, 0.3) is 0 Å². The van der Waals surface area contributed by atoms with E-state index in [-0.39, 0.29) is 0 Å². The minimum atomic E-state index is 0.324. The maximum atomic E-state index is 9.76. The molecule has 1 aromatic rings. The number of carbonyl (C=O) groups is 1. The molecular formula is C12H20N4O. The van der Waals surface area contributed by atoms with Crippen molar-refractivity contribution < 1.29 is 4.79 Å². The highest BCUT2D eigenvalue weighted by atomic mass is 16.1. The Morgan fingerprint density at radius 1 is 1.41 bits per heavy atom. The van der Waals surface area contributed by atoms with Gasteiger partial charge in [-0.3, -0.25) is 4.79 Å². The topological polar surface area (TPSA) is 84.4 Å². The molecule has 94 valence electrons. The lowest BCUT2D eigenvalue weighted by molar-refractivity contribution is -0.109. The molecule has 0 atom stereocenters. The Bertz CT molecular complexity index is 336. The molecule has 1 amide bonds. The second kappa shape index (κ2) is 9.23. The maximum Gasteiger partial charge on any atom is 0.207 e. The van der Waals surface area contributed by atoms with Crippen LogP contribution < -0.4 is 16.9 Å². The lowest BCUT2D eigenvalue weighted by Gasteiger charge is -2.06.